The van der Waals surface area contributed by atoms with Crippen molar-refractivity contribution >= 4 is 17.4 Å². The quantitative estimate of drug-likeness (QED) is 0.870. The zero-order valence-electron chi connectivity index (χ0n) is 9.49. The van der Waals surface area contributed by atoms with E-state index in [0.29, 0.717) is 39.3 Å². The van der Waals surface area contributed by atoms with Crippen molar-refractivity contribution < 1.29 is 14.2 Å². The lowest BCUT2D eigenvalue weighted by Crippen LogP contribution is -1.94. The minimum atomic E-state index is 0.148. The van der Waals surface area contributed by atoms with Crippen molar-refractivity contribution in [3.05, 3.63) is 17.2 Å². The maximum atomic E-state index is 6.14. The molecule has 0 atom stereocenters. The molecule has 0 spiro atoms. The van der Waals surface area contributed by atoms with E-state index in [-0.39, 0.29) is 6.79 Å². The molecule has 94 valence electrons. The Morgan fingerprint density at radius 2 is 2.28 bits per heavy atom. The van der Waals surface area contributed by atoms with E-state index < -0.39 is 0 Å². The third-order valence-corrected chi connectivity index (χ3v) is 2.92. The molecule has 0 saturated heterocycles. The maximum Gasteiger partial charge on any atom is 0.231 e. The van der Waals surface area contributed by atoms with Crippen LogP contribution in [0.15, 0.2) is 12.1 Å². The topological polar surface area (TPSA) is 82.4 Å². The summed E-state index contributed by atoms with van der Waals surface area (Å²) in [6.07, 6.45) is 0. The van der Waals surface area contributed by atoms with Crippen LogP contribution in [0, 0.1) is 0 Å². The zero-order valence-corrected chi connectivity index (χ0v) is 10.2. The number of nitrogen functional groups attached to an aromatic ring is 1. The molecule has 0 aliphatic carbocycles. The third-order valence-electron chi connectivity index (χ3n) is 2.64. The first-order valence-electron chi connectivity index (χ1n) is 5.18. The number of anilines is 1. The Balaban J connectivity index is 2.29. The average Bonchev–Trinajstić information content (AvgIpc) is 2.95. The number of nitrogens with one attached hydrogen (secondary N) is 1. The lowest BCUT2D eigenvalue weighted by molar-refractivity contribution is 0.174. The molecule has 3 rings (SSSR count). The summed E-state index contributed by atoms with van der Waals surface area (Å²) in [4.78, 5) is 0. The Labute approximate surface area is 108 Å². The Morgan fingerprint density at radius 3 is 2.94 bits per heavy atom. The van der Waals surface area contributed by atoms with Crippen molar-refractivity contribution in [1.29, 1.82) is 0 Å². The number of methoxy groups -OCH3 is 1. The highest BCUT2D eigenvalue weighted by atomic mass is 35.5. The van der Waals surface area contributed by atoms with Gasteiger partial charge in [0.05, 0.1) is 23.4 Å². The number of rotatable bonds is 2. The van der Waals surface area contributed by atoms with Gasteiger partial charge in [0.1, 0.15) is 5.82 Å². The second kappa shape index (κ2) is 3.99. The SMILES string of the molecule is COc1c(Cl)cc2c(c1-c1cc(N)n[nH]1)OCO2. The number of fused-ring (bicyclic) bond motifs is 1. The summed E-state index contributed by atoms with van der Waals surface area (Å²) in [5.41, 5.74) is 6.92. The summed E-state index contributed by atoms with van der Waals surface area (Å²) in [5.74, 6) is 2.01. The van der Waals surface area contributed by atoms with Gasteiger partial charge in [-0.1, -0.05) is 11.6 Å². The molecular formula is C11H10ClN3O3. The maximum absolute atomic E-state index is 6.14. The molecule has 0 saturated carbocycles. The van der Waals surface area contributed by atoms with Crippen molar-refractivity contribution in [1.82, 2.24) is 10.2 Å². The first-order valence-corrected chi connectivity index (χ1v) is 5.56. The summed E-state index contributed by atoms with van der Waals surface area (Å²) >= 11 is 6.14. The van der Waals surface area contributed by atoms with E-state index in [1.54, 1.807) is 12.1 Å². The van der Waals surface area contributed by atoms with Crippen LogP contribution >= 0.6 is 11.6 Å². The molecule has 6 nitrogen and oxygen atoms in total. The highest BCUT2D eigenvalue weighted by Gasteiger charge is 2.26. The fraction of sp³-hybridized carbons (Fsp3) is 0.182. The predicted octanol–water partition coefficient (Wildman–Crippen LogP) is 2.05. The Hall–Kier alpha value is -2.08. The molecule has 2 aromatic rings. The standard InChI is InChI=1S/C11H10ClN3O3/c1-16-10-5(12)2-7-11(18-4-17-7)9(10)6-3-8(13)15-14-6/h2-3H,4H2,1H3,(H3,13,14,15). The van der Waals surface area contributed by atoms with E-state index in [2.05, 4.69) is 10.2 Å². The number of halogens is 1. The number of hydrogen-bond donors (Lipinski definition) is 2. The highest BCUT2D eigenvalue weighted by Crippen LogP contribution is 2.50. The Bertz CT molecular complexity index is 608. The Kier molecular flexibility index (Phi) is 2.45. The molecule has 0 radical (unpaired) electrons. The molecule has 0 fully saturated rings. The van der Waals surface area contributed by atoms with Crippen LogP contribution in [-0.2, 0) is 0 Å². The molecule has 1 aliphatic rings. The molecule has 7 heteroatoms. The van der Waals surface area contributed by atoms with E-state index in [4.69, 9.17) is 31.5 Å². The van der Waals surface area contributed by atoms with Crippen LogP contribution in [0.5, 0.6) is 17.2 Å². The first-order chi connectivity index (χ1) is 8.70. The molecule has 3 N–H and O–H groups in total. The van der Waals surface area contributed by atoms with Gasteiger partial charge < -0.3 is 19.9 Å². The monoisotopic (exact) mass is 267 g/mol. The van der Waals surface area contributed by atoms with Gasteiger partial charge in [-0.15, -0.1) is 0 Å². The minimum Gasteiger partial charge on any atom is -0.494 e. The summed E-state index contributed by atoms with van der Waals surface area (Å²) < 4.78 is 16.1. The molecule has 0 unspecified atom stereocenters. The van der Waals surface area contributed by atoms with Crippen LogP contribution in [0.25, 0.3) is 11.3 Å². The number of ether oxygens (including phenoxy) is 3. The second-order valence-electron chi connectivity index (χ2n) is 3.71. The van der Waals surface area contributed by atoms with Gasteiger partial charge in [-0.2, -0.15) is 5.10 Å². The largest absolute Gasteiger partial charge is 0.494 e. The molecule has 18 heavy (non-hydrogen) atoms. The lowest BCUT2D eigenvalue weighted by atomic mass is 10.1. The first kappa shape index (κ1) is 11.0. The average molecular weight is 268 g/mol. The fourth-order valence-corrected chi connectivity index (χ4v) is 2.17. The van der Waals surface area contributed by atoms with Gasteiger partial charge in [0.15, 0.2) is 17.2 Å². The fourth-order valence-electron chi connectivity index (χ4n) is 1.90. The van der Waals surface area contributed by atoms with E-state index in [0.717, 1.165) is 0 Å². The molecular weight excluding hydrogens is 258 g/mol. The normalized spacial score (nSPS) is 12.8. The van der Waals surface area contributed by atoms with Gasteiger partial charge in [-0.25, -0.2) is 0 Å². The van der Waals surface area contributed by atoms with Gasteiger partial charge in [0.2, 0.25) is 6.79 Å². The third kappa shape index (κ3) is 1.53. The lowest BCUT2D eigenvalue weighted by Gasteiger charge is -2.11. The van der Waals surface area contributed by atoms with E-state index in [1.807, 2.05) is 0 Å². The summed E-state index contributed by atoms with van der Waals surface area (Å²) in [7, 11) is 1.53. The molecule has 0 bridgehead atoms. The van der Waals surface area contributed by atoms with Crippen molar-refractivity contribution in [2.24, 2.45) is 0 Å². The van der Waals surface area contributed by atoms with Crippen LogP contribution in [0.2, 0.25) is 5.02 Å². The van der Waals surface area contributed by atoms with E-state index in [9.17, 15) is 0 Å². The summed E-state index contributed by atoms with van der Waals surface area (Å²) in [5, 5.41) is 7.12. The zero-order chi connectivity index (χ0) is 12.7. The van der Waals surface area contributed by atoms with Crippen LogP contribution in [0.1, 0.15) is 0 Å². The molecule has 1 aromatic heterocycles. The van der Waals surface area contributed by atoms with Crippen molar-refractivity contribution in [2.75, 3.05) is 19.6 Å². The van der Waals surface area contributed by atoms with Gasteiger partial charge in [0, 0.05) is 12.1 Å². The van der Waals surface area contributed by atoms with Gasteiger partial charge in [0.25, 0.3) is 0 Å². The molecule has 0 amide bonds. The highest BCUT2D eigenvalue weighted by molar-refractivity contribution is 6.33. The number of aromatic nitrogens is 2. The number of nitrogens with two attached hydrogens (primary N) is 1. The van der Waals surface area contributed by atoms with E-state index in [1.165, 1.54) is 7.11 Å². The van der Waals surface area contributed by atoms with Gasteiger partial charge >= 0.3 is 0 Å². The van der Waals surface area contributed by atoms with Gasteiger partial charge in [-0.05, 0) is 0 Å². The molecule has 2 heterocycles. The number of aromatic amines is 1. The van der Waals surface area contributed by atoms with Crippen LogP contribution in [-0.4, -0.2) is 24.1 Å². The van der Waals surface area contributed by atoms with Crippen LogP contribution in [0.4, 0.5) is 5.82 Å². The van der Waals surface area contributed by atoms with Crippen LogP contribution in [0.3, 0.4) is 0 Å². The van der Waals surface area contributed by atoms with Crippen molar-refractivity contribution in [3.8, 4) is 28.5 Å². The van der Waals surface area contributed by atoms with Crippen molar-refractivity contribution in [2.45, 2.75) is 0 Å². The van der Waals surface area contributed by atoms with Crippen LogP contribution < -0.4 is 19.9 Å². The molecule has 1 aliphatic heterocycles. The van der Waals surface area contributed by atoms with Crippen molar-refractivity contribution in [3.63, 3.8) is 0 Å². The summed E-state index contributed by atoms with van der Waals surface area (Å²) in [6, 6.07) is 3.34. The Morgan fingerprint density at radius 1 is 1.44 bits per heavy atom. The number of hydrogen-bond acceptors (Lipinski definition) is 5. The molecule has 1 aromatic carbocycles. The summed E-state index contributed by atoms with van der Waals surface area (Å²) in [6.45, 7) is 0.148. The smallest absolute Gasteiger partial charge is 0.231 e. The van der Waals surface area contributed by atoms with Gasteiger partial charge in [-0.3, -0.25) is 5.10 Å². The predicted molar refractivity (Wildman–Crippen MR) is 66.1 cm³/mol. The second-order valence-corrected chi connectivity index (χ2v) is 4.11. The van der Waals surface area contributed by atoms with E-state index >= 15 is 0 Å². The number of nitrogens with zero attached hydrogens (tertiary/aromatic N) is 1. The number of H-pyrrole nitrogens is 1. The minimum absolute atomic E-state index is 0.148. The number of benzene rings is 1.